The van der Waals surface area contributed by atoms with E-state index in [0.29, 0.717) is 24.5 Å². The number of fused-ring (bicyclic) bond motifs is 1. The molecule has 0 bridgehead atoms. The van der Waals surface area contributed by atoms with Crippen molar-refractivity contribution in [3.05, 3.63) is 48.2 Å². The van der Waals surface area contributed by atoms with E-state index >= 15 is 0 Å². The van der Waals surface area contributed by atoms with Gasteiger partial charge in [0.25, 0.3) is 0 Å². The van der Waals surface area contributed by atoms with Gasteiger partial charge in [-0.3, -0.25) is 9.89 Å². The molecule has 1 aromatic heterocycles. The molecule has 0 atom stereocenters. The molecule has 0 saturated carbocycles. The summed E-state index contributed by atoms with van der Waals surface area (Å²) in [5.74, 6) is 0.716. The number of nitriles is 1. The summed E-state index contributed by atoms with van der Waals surface area (Å²) in [5.41, 5.74) is 6.45. The standard InChI is InChI=1S/C30H34N6O3/c1-4-26(37)36-18-30(19-36)7-9-34(10-8-30)24-15-25(35-11-13-39-14-12-35)29(38-3)28(21(24)16-31)27-20(2)5-6-23-22(27)17-32-33-23/h4-6,15,17H,1,7-14,18-19H2,2-3H3,(H,32,33). The van der Waals surface area contributed by atoms with Crippen LogP contribution >= 0.6 is 0 Å². The third-order valence-corrected chi connectivity index (χ3v) is 8.69. The molecular formula is C30H34N6O3. The summed E-state index contributed by atoms with van der Waals surface area (Å²) in [6.45, 7) is 11.7. The monoisotopic (exact) mass is 526 g/mol. The van der Waals surface area contributed by atoms with Gasteiger partial charge in [-0.1, -0.05) is 12.6 Å². The Morgan fingerprint density at radius 3 is 2.54 bits per heavy atom. The first-order valence-electron chi connectivity index (χ1n) is 13.6. The number of aromatic amines is 1. The molecule has 202 valence electrons. The SMILES string of the molecule is C=CC(=O)N1CC2(CCN(c3cc(N4CCOCC4)c(OC)c(-c4c(C)ccc5[nH]ncc45)c3C#N)CC2)C1. The Morgan fingerprint density at radius 1 is 1.15 bits per heavy atom. The highest BCUT2D eigenvalue weighted by Crippen LogP contribution is 2.50. The van der Waals surface area contributed by atoms with Crippen LogP contribution in [0.2, 0.25) is 0 Å². The molecule has 2 aromatic carbocycles. The number of amides is 1. The quantitative estimate of drug-likeness (QED) is 0.504. The number of benzene rings is 2. The van der Waals surface area contributed by atoms with Crippen molar-refractivity contribution in [3.8, 4) is 22.9 Å². The van der Waals surface area contributed by atoms with Crippen molar-refractivity contribution in [2.75, 3.05) is 69.4 Å². The minimum absolute atomic E-state index is 0.00793. The molecule has 0 unspecified atom stereocenters. The zero-order chi connectivity index (χ0) is 27.1. The molecule has 4 heterocycles. The fourth-order valence-corrected chi connectivity index (χ4v) is 6.53. The van der Waals surface area contributed by atoms with Crippen LogP contribution in [0.3, 0.4) is 0 Å². The van der Waals surface area contributed by atoms with Crippen LogP contribution in [0.5, 0.6) is 5.75 Å². The number of morpholine rings is 1. The Hall–Kier alpha value is -4.03. The minimum atomic E-state index is 0.00793. The number of aryl methyl sites for hydroxylation is 1. The molecular weight excluding hydrogens is 492 g/mol. The third-order valence-electron chi connectivity index (χ3n) is 8.69. The van der Waals surface area contributed by atoms with E-state index in [1.165, 1.54) is 6.08 Å². The molecule has 1 amide bonds. The van der Waals surface area contributed by atoms with E-state index in [4.69, 9.17) is 9.47 Å². The fourth-order valence-electron chi connectivity index (χ4n) is 6.53. The smallest absolute Gasteiger partial charge is 0.245 e. The number of piperidine rings is 1. The van der Waals surface area contributed by atoms with E-state index in [2.05, 4.69) is 51.7 Å². The molecule has 6 rings (SSSR count). The Labute approximate surface area is 228 Å². The van der Waals surface area contributed by atoms with Crippen LogP contribution in [0.1, 0.15) is 24.0 Å². The highest BCUT2D eigenvalue weighted by molar-refractivity contribution is 6.02. The summed E-state index contributed by atoms with van der Waals surface area (Å²) in [5, 5.41) is 19.0. The van der Waals surface area contributed by atoms with Gasteiger partial charge >= 0.3 is 0 Å². The lowest BCUT2D eigenvalue weighted by Gasteiger charge is -2.54. The van der Waals surface area contributed by atoms with Crippen LogP contribution in [0.25, 0.3) is 22.0 Å². The summed E-state index contributed by atoms with van der Waals surface area (Å²) >= 11 is 0. The number of hydrogen-bond donors (Lipinski definition) is 1. The summed E-state index contributed by atoms with van der Waals surface area (Å²) in [6.07, 6.45) is 5.18. The Bertz CT molecular complexity index is 1470. The lowest BCUT2D eigenvalue weighted by molar-refractivity contribution is -0.139. The average molecular weight is 527 g/mol. The molecule has 3 fully saturated rings. The van der Waals surface area contributed by atoms with E-state index in [0.717, 1.165) is 91.1 Å². The Kier molecular flexibility index (Phi) is 6.43. The first kappa shape index (κ1) is 25.3. The van der Waals surface area contributed by atoms with Crippen molar-refractivity contribution in [2.45, 2.75) is 19.8 Å². The number of carbonyl (C=O) groups is 1. The number of carbonyl (C=O) groups excluding carboxylic acids is 1. The lowest BCUT2D eigenvalue weighted by Crippen LogP contribution is -2.61. The molecule has 1 spiro atoms. The van der Waals surface area contributed by atoms with Gasteiger partial charge in [0.15, 0.2) is 5.75 Å². The van der Waals surface area contributed by atoms with Gasteiger partial charge in [-0.15, -0.1) is 0 Å². The number of ether oxygens (including phenoxy) is 2. The van der Waals surface area contributed by atoms with E-state index in [9.17, 15) is 10.1 Å². The van der Waals surface area contributed by atoms with Gasteiger partial charge in [-0.05, 0) is 43.5 Å². The second-order valence-corrected chi connectivity index (χ2v) is 10.9. The second-order valence-electron chi connectivity index (χ2n) is 10.9. The first-order chi connectivity index (χ1) is 19.0. The van der Waals surface area contributed by atoms with Crippen molar-refractivity contribution in [2.24, 2.45) is 5.41 Å². The summed E-state index contributed by atoms with van der Waals surface area (Å²) in [6, 6.07) is 8.80. The van der Waals surface area contributed by atoms with E-state index in [1.807, 2.05) is 17.2 Å². The molecule has 9 heteroatoms. The van der Waals surface area contributed by atoms with Crippen molar-refractivity contribution in [1.82, 2.24) is 15.1 Å². The molecule has 9 nitrogen and oxygen atoms in total. The van der Waals surface area contributed by atoms with Crippen molar-refractivity contribution < 1.29 is 14.3 Å². The molecule has 0 aliphatic carbocycles. The van der Waals surface area contributed by atoms with Gasteiger partial charge in [0.05, 0.1) is 49.0 Å². The van der Waals surface area contributed by atoms with Crippen molar-refractivity contribution >= 4 is 28.2 Å². The van der Waals surface area contributed by atoms with Crippen LogP contribution in [0.4, 0.5) is 11.4 Å². The van der Waals surface area contributed by atoms with Crippen molar-refractivity contribution in [1.29, 1.82) is 5.26 Å². The maximum Gasteiger partial charge on any atom is 0.245 e. The number of nitrogens with zero attached hydrogens (tertiary/aromatic N) is 5. The second kappa shape index (κ2) is 9.93. The molecule has 0 radical (unpaired) electrons. The summed E-state index contributed by atoms with van der Waals surface area (Å²) in [4.78, 5) is 18.6. The predicted molar refractivity (Wildman–Crippen MR) is 151 cm³/mol. The largest absolute Gasteiger partial charge is 0.494 e. The fraction of sp³-hybridized carbons (Fsp3) is 0.433. The van der Waals surface area contributed by atoms with E-state index < -0.39 is 0 Å². The van der Waals surface area contributed by atoms with Crippen LogP contribution in [0, 0.1) is 23.7 Å². The zero-order valence-electron chi connectivity index (χ0n) is 22.6. The lowest BCUT2D eigenvalue weighted by atomic mass is 9.71. The number of likely N-dealkylation sites (tertiary alicyclic amines) is 1. The van der Waals surface area contributed by atoms with Gasteiger partial charge in [-0.2, -0.15) is 10.4 Å². The first-order valence-corrected chi connectivity index (χ1v) is 13.6. The predicted octanol–water partition coefficient (Wildman–Crippen LogP) is 3.87. The summed E-state index contributed by atoms with van der Waals surface area (Å²) in [7, 11) is 1.69. The minimum Gasteiger partial charge on any atom is -0.494 e. The Morgan fingerprint density at radius 2 is 1.87 bits per heavy atom. The topological polar surface area (TPSA) is 97.7 Å². The maximum absolute atomic E-state index is 12.0. The number of nitrogens with one attached hydrogen (secondary N) is 1. The van der Waals surface area contributed by atoms with Gasteiger partial charge in [0, 0.05) is 61.2 Å². The van der Waals surface area contributed by atoms with Crippen LogP contribution in [-0.2, 0) is 9.53 Å². The maximum atomic E-state index is 12.0. The number of methoxy groups -OCH3 is 1. The average Bonchev–Trinajstić information content (AvgIpc) is 3.44. The summed E-state index contributed by atoms with van der Waals surface area (Å²) < 4.78 is 11.8. The number of hydrogen-bond acceptors (Lipinski definition) is 7. The molecule has 3 saturated heterocycles. The number of aromatic nitrogens is 2. The van der Waals surface area contributed by atoms with Gasteiger partial charge in [0.1, 0.15) is 6.07 Å². The van der Waals surface area contributed by atoms with Crippen LogP contribution in [0.15, 0.2) is 37.1 Å². The number of anilines is 2. The zero-order valence-corrected chi connectivity index (χ0v) is 22.6. The van der Waals surface area contributed by atoms with E-state index in [1.54, 1.807) is 7.11 Å². The normalized spacial score (nSPS) is 18.6. The van der Waals surface area contributed by atoms with Gasteiger partial charge in [0.2, 0.25) is 5.91 Å². The Balaban J connectivity index is 1.46. The highest BCUT2D eigenvalue weighted by atomic mass is 16.5. The van der Waals surface area contributed by atoms with Crippen LogP contribution in [-0.4, -0.2) is 80.6 Å². The van der Waals surface area contributed by atoms with Gasteiger partial charge in [-0.25, -0.2) is 0 Å². The van der Waals surface area contributed by atoms with Crippen molar-refractivity contribution in [3.63, 3.8) is 0 Å². The molecule has 1 N–H and O–H groups in total. The molecule has 39 heavy (non-hydrogen) atoms. The number of H-pyrrole nitrogens is 1. The highest BCUT2D eigenvalue weighted by Gasteiger charge is 2.46. The molecule has 3 aliphatic heterocycles. The van der Waals surface area contributed by atoms with Crippen LogP contribution < -0.4 is 14.5 Å². The third kappa shape index (κ3) is 4.20. The number of rotatable bonds is 5. The molecule has 3 aromatic rings. The molecule has 3 aliphatic rings. The van der Waals surface area contributed by atoms with Gasteiger partial charge < -0.3 is 24.2 Å². The van der Waals surface area contributed by atoms with E-state index in [-0.39, 0.29) is 11.3 Å².